The van der Waals surface area contributed by atoms with E-state index < -0.39 is 6.04 Å². The maximum Gasteiger partial charge on any atom is 0.330 e. The van der Waals surface area contributed by atoms with Crippen molar-refractivity contribution in [3.05, 3.63) is 11.6 Å². The van der Waals surface area contributed by atoms with Gasteiger partial charge in [-0.2, -0.15) is 0 Å². The zero-order valence-electron chi connectivity index (χ0n) is 7.40. The third kappa shape index (κ3) is 2.42. The summed E-state index contributed by atoms with van der Waals surface area (Å²) in [5.74, 6) is -0.343. The first kappa shape index (κ1) is 9.98. The lowest BCUT2D eigenvalue weighted by molar-refractivity contribution is -0.146. The molecule has 1 aromatic heterocycles. The Morgan fingerprint density at radius 3 is 3.00 bits per heavy atom. The molecule has 0 amide bonds. The summed E-state index contributed by atoms with van der Waals surface area (Å²) in [4.78, 5) is 14.9. The molecule has 13 heavy (non-hydrogen) atoms. The average Bonchev–Trinajstić information content (AvgIpc) is 2.51. The number of halogens is 1. The van der Waals surface area contributed by atoms with Gasteiger partial charge in [0.05, 0.1) is 6.61 Å². The van der Waals surface area contributed by atoms with Crippen molar-refractivity contribution in [1.29, 1.82) is 0 Å². The number of carbonyl (C=O) groups is 1. The van der Waals surface area contributed by atoms with E-state index >= 15 is 0 Å². The quantitative estimate of drug-likeness (QED) is 0.690. The standard InChI is InChI=1S/C7H10ClN3O2/c1-3-13-6(12)5(2)11-4-9-7(8)10-11/h4-5H,3H2,1-2H3/t5-/m1/s1. The predicted molar refractivity (Wildman–Crippen MR) is 46.4 cm³/mol. The van der Waals surface area contributed by atoms with Crippen molar-refractivity contribution >= 4 is 17.6 Å². The van der Waals surface area contributed by atoms with Gasteiger partial charge in [-0.05, 0) is 25.4 Å². The van der Waals surface area contributed by atoms with Crippen LogP contribution in [0.5, 0.6) is 0 Å². The number of carbonyl (C=O) groups excluding carboxylic acids is 1. The number of hydrogen-bond donors (Lipinski definition) is 0. The SMILES string of the molecule is CCOC(=O)[C@@H](C)n1cnc(Cl)n1. The first-order valence-corrected chi connectivity index (χ1v) is 4.26. The van der Waals surface area contributed by atoms with Crippen LogP contribution in [0, 0.1) is 0 Å². The van der Waals surface area contributed by atoms with Crippen LogP contribution in [0.2, 0.25) is 5.28 Å². The summed E-state index contributed by atoms with van der Waals surface area (Å²) in [5, 5.41) is 3.91. The van der Waals surface area contributed by atoms with Crippen molar-refractivity contribution in [3.63, 3.8) is 0 Å². The van der Waals surface area contributed by atoms with Crippen molar-refractivity contribution in [2.45, 2.75) is 19.9 Å². The fraction of sp³-hybridized carbons (Fsp3) is 0.571. The van der Waals surface area contributed by atoms with Crippen LogP contribution < -0.4 is 0 Å². The van der Waals surface area contributed by atoms with Crippen LogP contribution in [0.4, 0.5) is 0 Å². The molecule has 0 aliphatic rings. The molecule has 0 aliphatic carbocycles. The third-order valence-electron chi connectivity index (χ3n) is 1.51. The van der Waals surface area contributed by atoms with Gasteiger partial charge < -0.3 is 4.74 Å². The smallest absolute Gasteiger partial charge is 0.330 e. The molecule has 0 radical (unpaired) electrons. The van der Waals surface area contributed by atoms with E-state index in [2.05, 4.69) is 10.1 Å². The third-order valence-corrected chi connectivity index (χ3v) is 1.68. The number of aromatic nitrogens is 3. The highest BCUT2D eigenvalue weighted by atomic mass is 35.5. The fourth-order valence-electron chi connectivity index (χ4n) is 0.811. The lowest BCUT2D eigenvalue weighted by Gasteiger charge is -2.09. The van der Waals surface area contributed by atoms with Crippen LogP contribution in [0.1, 0.15) is 19.9 Å². The van der Waals surface area contributed by atoms with Gasteiger partial charge in [-0.3, -0.25) is 0 Å². The summed E-state index contributed by atoms with van der Waals surface area (Å²) in [5.41, 5.74) is 0. The fourth-order valence-corrected chi connectivity index (χ4v) is 0.942. The second kappa shape index (κ2) is 4.23. The summed E-state index contributed by atoms with van der Waals surface area (Å²) in [6.45, 7) is 3.77. The molecule has 0 unspecified atom stereocenters. The Kier molecular flexibility index (Phi) is 3.25. The molecule has 0 fully saturated rings. The molecule has 0 spiro atoms. The van der Waals surface area contributed by atoms with E-state index in [4.69, 9.17) is 16.3 Å². The zero-order chi connectivity index (χ0) is 9.84. The van der Waals surface area contributed by atoms with Crippen LogP contribution in [-0.2, 0) is 9.53 Å². The molecule has 6 heteroatoms. The minimum absolute atomic E-state index is 0.121. The Bertz CT molecular complexity index is 300. The molecule has 0 aliphatic heterocycles. The number of nitrogens with zero attached hydrogens (tertiary/aromatic N) is 3. The summed E-state index contributed by atoms with van der Waals surface area (Å²) in [6, 6.07) is -0.486. The normalized spacial score (nSPS) is 12.5. The molecule has 0 saturated carbocycles. The Hall–Kier alpha value is -1.10. The van der Waals surface area contributed by atoms with E-state index in [0.717, 1.165) is 0 Å². The predicted octanol–water partition coefficient (Wildman–Crippen LogP) is 1.06. The van der Waals surface area contributed by atoms with Crippen LogP contribution in [0.15, 0.2) is 6.33 Å². The molecule has 72 valence electrons. The summed E-state index contributed by atoms with van der Waals surface area (Å²) >= 11 is 5.49. The Morgan fingerprint density at radius 2 is 2.54 bits per heavy atom. The highest BCUT2D eigenvalue weighted by molar-refractivity contribution is 6.28. The van der Waals surface area contributed by atoms with Gasteiger partial charge in [0.2, 0.25) is 5.28 Å². The molecule has 1 rings (SSSR count). The molecule has 0 saturated heterocycles. The first-order chi connectivity index (χ1) is 6.15. The van der Waals surface area contributed by atoms with Crippen LogP contribution >= 0.6 is 11.6 Å². The summed E-state index contributed by atoms with van der Waals surface area (Å²) in [7, 11) is 0. The zero-order valence-corrected chi connectivity index (χ0v) is 8.15. The Balaban J connectivity index is 2.67. The van der Waals surface area contributed by atoms with Crippen LogP contribution in [0.3, 0.4) is 0 Å². The molecule has 5 nitrogen and oxygen atoms in total. The molecule has 1 aromatic rings. The van der Waals surface area contributed by atoms with Crippen molar-refractivity contribution in [1.82, 2.24) is 14.8 Å². The molecule has 1 heterocycles. The van der Waals surface area contributed by atoms with Gasteiger partial charge >= 0.3 is 5.97 Å². The van der Waals surface area contributed by atoms with Crippen LogP contribution in [-0.4, -0.2) is 27.3 Å². The maximum absolute atomic E-state index is 11.2. The Labute approximate surface area is 80.7 Å². The average molecular weight is 204 g/mol. The second-order valence-electron chi connectivity index (χ2n) is 2.42. The van der Waals surface area contributed by atoms with Crippen molar-refractivity contribution < 1.29 is 9.53 Å². The summed E-state index contributed by atoms with van der Waals surface area (Å²) < 4.78 is 6.16. The number of rotatable bonds is 3. The highest BCUT2D eigenvalue weighted by Crippen LogP contribution is 2.07. The van der Waals surface area contributed by atoms with Gasteiger partial charge in [0.15, 0.2) is 0 Å². The van der Waals surface area contributed by atoms with Gasteiger partial charge in [0, 0.05) is 0 Å². The minimum Gasteiger partial charge on any atom is -0.464 e. The maximum atomic E-state index is 11.2. The van der Waals surface area contributed by atoms with Crippen molar-refractivity contribution in [2.75, 3.05) is 6.61 Å². The molecule has 0 aromatic carbocycles. The largest absolute Gasteiger partial charge is 0.464 e. The topological polar surface area (TPSA) is 57.0 Å². The molecule has 0 N–H and O–H groups in total. The van der Waals surface area contributed by atoms with Gasteiger partial charge in [0.25, 0.3) is 0 Å². The van der Waals surface area contributed by atoms with Crippen molar-refractivity contribution in [2.24, 2.45) is 0 Å². The van der Waals surface area contributed by atoms with E-state index in [1.165, 1.54) is 11.0 Å². The lowest BCUT2D eigenvalue weighted by atomic mass is 10.3. The van der Waals surface area contributed by atoms with E-state index in [0.29, 0.717) is 6.61 Å². The lowest BCUT2D eigenvalue weighted by Crippen LogP contribution is -2.19. The first-order valence-electron chi connectivity index (χ1n) is 3.88. The van der Waals surface area contributed by atoms with E-state index in [1.807, 2.05) is 0 Å². The molecule has 1 atom stereocenters. The Morgan fingerprint density at radius 1 is 1.85 bits per heavy atom. The van der Waals surface area contributed by atoms with Gasteiger partial charge in [-0.25, -0.2) is 14.5 Å². The summed E-state index contributed by atoms with van der Waals surface area (Å²) in [6.07, 6.45) is 1.39. The molecular weight excluding hydrogens is 194 g/mol. The minimum atomic E-state index is -0.486. The number of esters is 1. The van der Waals surface area contributed by atoms with Gasteiger partial charge in [-0.15, -0.1) is 5.10 Å². The molecular formula is C7H10ClN3O2. The van der Waals surface area contributed by atoms with E-state index in [9.17, 15) is 4.79 Å². The number of hydrogen-bond acceptors (Lipinski definition) is 4. The van der Waals surface area contributed by atoms with E-state index in [1.54, 1.807) is 13.8 Å². The van der Waals surface area contributed by atoms with Gasteiger partial charge in [0.1, 0.15) is 12.4 Å². The second-order valence-corrected chi connectivity index (χ2v) is 2.76. The van der Waals surface area contributed by atoms with Crippen LogP contribution in [0.25, 0.3) is 0 Å². The van der Waals surface area contributed by atoms with Gasteiger partial charge in [-0.1, -0.05) is 0 Å². The highest BCUT2D eigenvalue weighted by Gasteiger charge is 2.16. The monoisotopic (exact) mass is 203 g/mol. The van der Waals surface area contributed by atoms with Crippen molar-refractivity contribution in [3.8, 4) is 0 Å². The number of ether oxygens (including phenoxy) is 1. The molecule has 0 bridgehead atoms. The van der Waals surface area contributed by atoms with E-state index in [-0.39, 0.29) is 11.3 Å².